The van der Waals surface area contributed by atoms with Gasteiger partial charge in [0.2, 0.25) is 0 Å². The quantitative estimate of drug-likeness (QED) is 0.617. The van der Waals surface area contributed by atoms with E-state index in [1.165, 1.54) is 31.3 Å². The van der Waals surface area contributed by atoms with E-state index < -0.39 is 0 Å². The van der Waals surface area contributed by atoms with Crippen LogP contribution in [0.4, 0.5) is 5.82 Å². The van der Waals surface area contributed by atoms with Gasteiger partial charge >= 0.3 is 0 Å². The van der Waals surface area contributed by atoms with Gasteiger partial charge < -0.3 is 10.2 Å². The second-order valence-corrected chi connectivity index (χ2v) is 10.3. The highest BCUT2D eigenvalue weighted by atomic mass is 16.1. The number of unbranched alkanes of at least 4 members (excludes halogenated alkanes) is 1. The van der Waals surface area contributed by atoms with Crippen LogP contribution < -0.4 is 10.2 Å². The molecule has 0 aromatic carbocycles. The average Bonchev–Trinajstić information content (AvgIpc) is 2.78. The summed E-state index contributed by atoms with van der Waals surface area (Å²) in [7, 11) is 0. The number of nitrogens with one attached hydrogen (secondary N) is 1. The third-order valence-corrected chi connectivity index (χ3v) is 6.63. The van der Waals surface area contributed by atoms with Gasteiger partial charge in [-0.25, -0.2) is 19.9 Å². The molecule has 2 aromatic rings. The molecule has 8 nitrogen and oxygen atoms in total. The first-order valence-electron chi connectivity index (χ1n) is 12.3. The molecule has 33 heavy (non-hydrogen) atoms. The van der Waals surface area contributed by atoms with Crippen LogP contribution in [0.2, 0.25) is 0 Å². The number of hydrogen-bond donors (Lipinski definition) is 1. The van der Waals surface area contributed by atoms with E-state index in [2.05, 4.69) is 51.9 Å². The van der Waals surface area contributed by atoms with Crippen LogP contribution in [-0.4, -0.2) is 70.0 Å². The maximum atomic E-state index is 12.0. The standard InChI is InChI=1S/C25H37N7O/c1-25(2,3)24-29-21(19-7-6-8-19)15-22(30-24)32-13-11-31(12-14-32)10-5-4-9-28-23(33)20-16-26-18-27-17-20/h15-19H,4-14H2,1-3H3,(H,28,33). The van der Waals surface area contributed by atoms with E-state index in [9.17, 15) is 4.79 Å². The number of anilines is 1. The fourth-order valence-corrected chi connectivity index (χ4v) is 4.24. The Balaban J connectivity index is 1.22. The smallest absolute Gasteiger partial charge is 0.254 e. The Morgan fingerprint density at radius 1 is 1.06 bits per heavy atom. The van der Waals surface area contributed by atoms with Gasteiger partial charge in [-0.15, -0.1) is 0 Å². The van der Waals surface area contributed by atoms with Gasteiger partial charge in [0.05, 0.1) is 5.56 Å². The number of carbonyl (C=O) groups is 1. The Hall–Kier alpha value is -2.61. The summed E-state index contributed by atoms with van der Waals surface area (Å²) in [4.78, 5) is 34.7. The second kappa shape index (κ2) is 10.5. The zero-order valence-corrected chi connectivity index (χ0v) is 20.3. The normalized spacial score (nSPS) is 17.6. The Kier molecular flexibility index (Phi) is 7.53. The molecule has 4 rings (SSSR count). The molecule has 2 aromatic heterocycles. The fraction of sp³-hybridized carbons (Fsp3) is 0.640. The van der Waals surface area contributed by atoms with Gasteiger partial charge in [0.15, 0.2) is 0 Å². The first-order valence-corrected chi connectivity index (χ1v) is 12.3. The topological polar surface area (TPSA) is 87.1 Å². The molecule has 8 heteroatoms. The molecule has 1 aliphatic carbocycles. The van der Waals surface area contributed by atoms with Crippen molar-refractivity contribution in [2.24, 2.45) is 0 Å². The Labute approximate surface area is 197 Å². The van der Waals surface area contributed by atoms with Crippen LogP contribution in [0.5, 0.6) is 0 Å². The molecule has 0 unspecified atom stereocenters. The van der Waals surface area contributed by atoms with Crippen molar-refractivity contribution in [1.29, 1.82) is 0 Å². The predicted molar refractivity (Wildman–Crippen MR) is 130 cm³/mol. The first kappa shape index (κ1) is 23.5. The van der Waals surface area contributed by atoms with E-state index in [4.69, 9.17) is 9.97 Å². The molecule has 1 N–H and O–H groups in total. The highest BCUT2D eigenvalue weighted by Gasteiger charge is 2.27. The highest BCUT2D eigenvalue weighted by molar-refractivity contribution is 5.93. The van der Waals surface area contributed by atoms with Crippen molar-refractivity contribution in [3.63, 3.8) is 0 Å². The monoisotopic (exact) mass is 451 g/mol. The van der Waals surface area contributed by atoms with E-state index in [1.54, 1.807) is 12.4 Å². The number of carbonyl (C=O) groups excluding carboxylic acids is 1. The number of amides is 1. The molecule has 2 aliphatic rings. The molecule has 178 valence electrons. The van der Waals surface area contributed by atoms with Crippen LogP contribution in [-0.2, 0) is 5.41 Å². The molecule has 2 fully saturated rings. The predicted octanol–water partition coefficient (Wildman–Crippen LogP) is 3.16. The van der Waals surface area contributed by atoms with Crippen LogP contribution in [0, 0.1) is 0 Å². The van der Waals surface area contributed by atoms with Crippen molar-refractivity contribution in [3.8, 4) is 0 Å². The lowest BCUT2D eigenvalue weighted by atomic mass is 9.82. The highest BCUT2D eigenvalue weighted by Crippen LogP contribution is 2.37. The molecule has 1 aliphatic heterocycles. The van der Waals surface area contributed by atoms with Crippen LogP contribution >= 0.6 is 0 Å². The van der Waals surface area contributed by atoms with Crippen LogP contribution in [0.3, 0.4) is 0 Å². The number of rotatable bonds is 8. The largest absolute Gasteiger partial charge is 0.354 e. The molecule has 0 spiro atoms. The van der Waals surface area contributed by atoms with Crippen molar-refractivity contribution < 1.29 is 4.79 Å². The zero-order valence-electron chi connectivity index (χ0n) is 20.3. The van der Waals surface area contributed by atoms with E-state index in [0.717, 1.165) is 57.2 Å². The van der Waals surface area contributed by atoms with E-state index in [-0.39, 0.29) is 11.3 Å². The van der Waals surface area contributed by atoms with Gasteiger partial charge in [0, 0.05) is 68.2 Å². The summed E-state index contributed by atoms with van der Waals surface area (Å²) in [6.07, 6.45) is 10.4. The summed E-state index contributed by atoms with van der Waals surface area (Å²) in [5.41, 5.74) is 1.70. The molecule has 3 heterocycles. The molecular weight excluding hydrogens is 414 g/mol. The van der Waals surface area contributed by atoms with Gasteiger partial charge in [0.25, 0.3) is 5.91 Å². The van der Waals surface area contributed by atoms with Gasteiger partial charge in [0.1, 0.15) is 18.0 Å². The van der Waals surface area contributed by atoms with Crippen LogP contribution in [0.25, 0.3) is 0 Å². The van der Waals surface area contributed by atoms with Crippen LogP contribution in [0.1, 0.15) is 80.7 Å². The molecule has 1 saturated heterocycles. The maximum Gasteiger partial charge on any atom is 0.254 e. The molecule has 1 amide bonds. The molecule has 1 saturated carbocycles. The van der Waals surface area contributed by atoms with Crippen molar-refractivity contribution in [2.45, 2.75) is 64.2 Å². The minimum Gasteiger partial charge on any atom is -0.354 e. The van der Waals surface area contributed by atoms with Crippen molar-refractivity contribution >= 4 is 11.7 Å². The fourth-order valence-electron chi connectivity index (χ4n) is 4.24. The minimum absolute atomic E-state index is 0.0424. The summed E-state index contributed by atoms with van der Waals surface area (Å²) in [5.74, 6) is 2.58. The Morgan fingerprint density at radius 2 is 1.79 bits per heavy atom. The Bertz CT molecular complexity index is 916. The number of nitrogens with zero attached hydrogens (tertiary/aromatic N) is 6. The van der Waals surface area contributed by atoms with E-state index >= 15 is 0 Å². The summed E-state index contributed by atoms with van der Waals surface area (Å²) < 4.78 is 0. The SMILES string of the molecule is CC(C)(C)c1nc(C2CCC2)cc(N2CCN(CCCCNC(=O)c3cncnc3)CC2)n1. The third-order valence-electron chi connectivity index (χ3n) is 6.63. The van der Waals surface area contributed by atoms with Gasteiger partial charge in [-0.2, -0.15) is 0 Å². The van der Waals surface area contributed by atoms with E-state index in [0.29, 0.717) is 18.0 Å². The lowest BCUT2D eigenvalue weighted by Gasteiger charge is -2.36. The number of aromatic nitrogens is 4. The molecule has 0 bridgehead atoms. The number of hydrogen-bond acceptors (Lipinski definition) is 7. The molecule has 0 radical (unpaired) electrons. The molecule has 0 atom stereocenters. The van der Waals surface area contributed by atoms with Gasteiger partial charge in [-0.1, -0.05) is 27.2 Å². The molecular formula is C25H37N7O. The summed E-state index contributed by atoms with van der Waals surface area (Å²) in [5, 5.41) is 2.95. The lowest BCUT2D eigenvalue weighted by molar-refractivity contribution is 0.0951. The average molecular weight is 452 g/mol. The van der Waals surface area contributed by atoms with Crippen LogP contribution in [0.15, 0.2) is 24.8 Å². The number of piperazine rings is 1. The minimum atomic E-state index is -0.107. The lowest BCUT2D eigenvalue weighted by Crippen LogP contribution is -2.47. The van der Waals surface area contributed by atoms with Gasteiger partial charge in [-0.3, -0.25) is 9.69 Å². The van der Waals surface area contributed by atoms with Crippen molar-refractivity contribution in [3.05, 3.63) is 41.9 Å². The summed E-state index contributed by atoms with van der Waals surface area (Å²) >= 11 is 0. The third kappa shape index (κ3) is 6.25. The zero-order chi connectivity index (χ0) is 23.3. The van der Waals surface area contributed by atoms with E-state index in [1.807, 2.05) is 0 Å². The second-order valence-electron chi connectivity index (χ2n) is 10.3. The summed E-state index contributed by atoms with van der Waals surface area (Å²) in [6, 6.07) is 2.25. The van der Waals surface area contributed by atoms with Gasteiger partial charge in [-0.05, 0) is 32.2 Å². The first-order chi connectivity index (χ1) is 15.9. The van der Waals surface area contributed by atoms with Crippen molar-refractivity contribution in [1.82, 2.24) is 30.2 Å². The summed E-state index contributed by atoms with van der Waals surface area (Å²) in [6.45, 7) is 12.4. The van der Waals surface area contributed by atoms with Crippen molar-refractivity contribution in [2.75, 3.05) is 44.2 Å². The maximum absolute atomic E-state index is 12.0. The Morgan fingerprint density at radius 3 is 2.42 bits per heavy atom.